The predicted octanol–water partition coefficient (Wildman–Crippen LogP) is 3.41. The van der Waals surface area contributed by atoms with Crippen LogP contribution in [-0.4, -0.2) is 43.3 Å². The van der Waals surface area contributed by atoms with Crippen molar-refractivity contribution >= 4 is 28.9 Å². The Hall–Kier alpha value is -1.95. The number of carbonyl (C=O) groups is 1. The highest BCUT2D eigenvalue weighted by Crippen LogP contribution is 2.34. The van der Waals surface area contributed by atoms with Crippen LogP contribution in [0.25, 0.3) is 6.08 Å². The van der Waals surface area contributed by atoms with Crippen molar-refractivity contribution in [3.8, 4) is 11.5 Å². The average molecular weight is 346 g/mol. The van der Waals surface area contributed by atoms with Crippen LogP contribution in [0.3, 0.4) is 0 Å². The van der Waals surface area contributed by atoms with Crippen LogP contribution in [0.15, 0.2) is 28.1 Å². The van der Waals surface area contributed by atoms with Crippen molar-refractivity contribution in [3.05, 3.63) is 28.7 Å². The molecule has 128 valence electrons. The van der Waals surface area contributed by atoms with E-state index >= 15 is 0 Å². The Labute approximate surface area is 146 Å². The summed E-state index contributed by atoms with van der Waals surface area (Å²) in [7, 11) is 3.23. The van der Waals surface area contributed by atoms with E-state index in [4.69, 9.17) is 9.47 Å². The van der Waals surface area contributed by atoms with Crippen LogP contribution >= 0.6 is 11.8 Å². The Bertz CT molecular complexity index is 700. The van der Waals surface area contributed by atoms with E-state index in [0.717, 1.165) is 36.0 Å². The summed E-state index contributed by atoms with van der Waals surface area (Å²) < 4.78 is 10.6. The molecule has 0 aromatic heterocycles. The van der Waals surface area contributed by atoms with Crippen molar-refractivity contribution in [2.45, 2.75) is 19.8 Å². The second-order valence-electron chi connectivity index (χ2n) is 6.11. The number of amides is 1. The normalized spacial score (nSPS) is 22.7. The Morgan fingerprint density at radius 3 is 2.88 bits per heavy atom. The van der Waals surface area contributed by atoms with Gasteiger partial charge in [-0.1, -0.05) is 6.92 Å². The van der Waals surface area contributed by atoms with Gasteiger partial charge in [0.2, 0.25) is 0 Å². The number of amidine groups is 1. The maximum Gasteiger partial charge on any atom is 0.286 e. The first-order chi connectivity index (χ1) is 11.6. The van der Waals surface area contributed by atoms with Crippen LogP contribution in [0.4, 0.5) is 0 Å². The zero-order chi connectivity index (χ0) is 17.1. The molecule has 1 aromatic rings. The standard InChI is InChI=1S/C18H22N2O3S/c1-12-5-4-8-20(11-12)18-19-17(21)16(24-18)10-13-9-14(22-2)6-7-15(13)23-3/h6-7,9-10,12H,4-5,8,11H2,1-3H3/b16-10-/t12-/m1/s1. The number of hydrogen-bond donors (Lipinski definition) is 0. The molecule has 24 heavy (non-hydrogen) atoms. The summed E-state index contributed by atoms with van der Waals surface area (Å²) >= 11 is 1.45. The van der Waals surface area contributed by atoms with Crippen molar-refractivity contribution in [3.63, 3.8) is 0 Å². The molecule has 1 atom stereocenters. The molecule has 2 heterocycles. The molecule has 0 aliphatic carbocycles. The Morgan fingerprint density at radius 1 is 1.33 bits per heavy atom. The van der Waals surface area contributed by atoms with E-state index in [2.05, 4.69) is 16.8 Å². The fourth-order valence-electron chi connectivity index (χ4n) is 2.99. The molecule has 5 nitrogen and oxygen atoms in total. The minimum Gasteiger partial charge on any atom is -0.497 e. The van der Waals surface area contributed by atoms with E-state index in [1.807, 2.05) is 24.3 Å². The summed E-state index contributed by atoms with van der Waals surface area (Å²) in [5, 5.41) is 0.819. The van der Waals surface area contributed by atoms with Crippen LogP contribution in [0, 0.1) is 5.92 Å². The Morgan fingerprint density at radius 2 is 2.17 bits per heavy atom. The van der Waals surface area contributed by atoms with Gasteiger partial charge in [0, 0.05) is 18.7 Å². The lowest BCUT2D eigenvalue weighted by Gasteiger charge is -2.31. The van der Waals surface area contributed by atoms with Gasteiger partial charge < -0.3 is 14.4 Å². The quantitative estimate of drug-likeness (QED) is 0.785. The number of methoxy groups -OCH3 is 2. The van der Waals surface area contributed by atoms with Gasteiger partial charge in [0.15, 0.2) is 5.17 Å². The molecule has 0 spiro atoms. The minimum absolute atomic E-state index is 0.182. The van der Waals surface area contributed by atoms with E-state index < -0.39 is 0 Å². The van der Waals surface area contributed by atoms with Crippen LogP contribution in [0.1, 0.15) is 25.3 Å². The highest BCUT2D eigenvalue weighted by molar-refractivity contribution is 8.18. The molecule has 1 amide bonds. The number of piperidine rings is 1. The molecule has 1 fully saturated rings. The van der Waals surface area contributed by atoms with Crippen LogP contribution < -0.4 is 9.47 Å². The van der Waals surface area contributed by atoms with E-state index in [0.29, 0.717) is 16.6 Å². The SMILES string of the molecule is COc1ccc(OC)c(/C=C2\SC(N3CCC[C@@H](C)C3)=NC2=O)c1. The lowest BCUT2D eigenvalue weighted by molar-refractivity contribution is -0.113. The van der Waals surface area contributed by atoms with E-state index in [1.165, 1.54) is 18.2 Å². The van der Waals surface area contributed by atoms with Gasteiger partial charge >= 0.3 is 0 Å². The second kappa shape index (κ2) is 7.30. The number of rotatable bonds is 3. The maximum atomic E-state index is 12.3. The number of carbonyl (C=O) groups excluding carboxylic acids is 1. The smallest absolute Gasteiger partial charge is 0.286 e. The highest BCUT2D eigenvalue weighted by Gasteiger charge is 2.28. The summed E-state index contributed by atoms with van der Waals surface area (Å²) in [6, 6.07) is 5.53. The van der Waals surface area contributed by atoms with Gasteiger partial charge in [0.1, 0.15) is 11.5 Å². The molecule has 0 unspecified atom stereocenters. The topological polar surface area (TPSA) is 51.1 Å². The van der Waals surface area contributed by atoms with Crippen molar-refractivity contribution in [2.24, 2.45) is 10.9 Å². The van der Waals surface area contributed by atoms with Crippen molar-refractivity contribution in [1.82, 2.24) is 4.90 Å². The lowest BCUT2D eigenvalue weighted by Crippen LogP contribution is -2.37. The van der Waals surface area contributed by atoms with Crippen LogP contribution in [-0.2, 0) is 4.79 Å². The molecule has 3 rings (SSSR count). The fraction of sp³-hybridized carbons (Fsp3) is 0.444. The monoisotopic (exact) mass is 346 g/mol. The Balaban J connectivity index is 1.82. The Kier molecular flexibility index (Phi) is 5.14. The highest BCUT2D eigenvalue weighted by atomic mass is 32.2. The van der Waals surface area contributed by atoms with Gasteiger partial charge in [-0.15, -0.1) is 0 Å². The van der Waals surface area contributed by atoms with Gasteiger partial charge in [-0.05, 0) is 54.8 Å². The summed E-state index contributed by atoms with van der Waals surface area (Å²) in [5.41, 5.74) is 0.816. The van der Waals surface area contributed by atoms with Gasteiger partial charge in [-0.25, -0.2) is 0 Å². The van der Waals surface area contributed by atoms with Crippen molar-refractivity contribution in [1.29, 1.82) is 0 Å². The molecule has 0 N–H and O–H groups in total. The van der Waals surface area contributed by atoms with E-state index in [9.17, 15) is 4.79 Å². The number of thioether (sulfide) groups is 1. The van der Waals surface area contributed by atoms with E-state index in [-0.39, 0.29) is 5.91 Å². The predicted molar refractivity (Wildman–Crippen MR) is 97.5 cm³/mol. The second-order valence-corrected chi connectivity index (χ2v) is 7.12. The number of aliphatic imine (C=N–C) groups is 1. The number of hydrogen-bond acceptors (Lipinski definition) is 5. The van der Waals surface area contributed by atoms with Crippen LogP contribution in [0.2, 0.25) is 0 Å². The maximum absolute atomic E-state index is 12.3. The van der Waals surface area contributed by atoms with Gasteiger partial charge in [-0.2, -0.15) is 4.99 Å². The molecule has 2 aliphatic rings. The summed E-state index contributed by atoms with van der Waals surface area (Å²) in [6.45, 7) is 4.18. The third-order valence-corrected chi connectivity index (χ3v) is 5.30. The molecular weight excluding hydrogens is 324 g/mol. The van der Waals surface area contributed by atoms with Crippen molar-refractivity contribution < 1.29 is 14.3 Å². The van der Waals surface area contributed by atoms with Crippen LogP contribution in [0.5, 0.6) is 11.5 Å². The third kappa shape index (κ3) is 3.59. The molecule has 2 aliphatic heterocycles. The molecule has 1 aromatic carbocycles. The first-order valence-corrected chi connectivity index (χ1v) is 8.92. The van der Waals surface area contributed by atoms with Crippen molar-refractivity contribution in [2.75, 3.05) is 27.3 Å². The van der Waals surface area contributed by atoms with Gasteiger partial charge in [-0.3, -0.25) is 4.79 Å². The number of likely N-dealkylation sites (tertiary alicyclic amines) is 1. The molecular formula is C18H22N2O3S. The molecule has 0 bridgehead atoms. The average Bonchev–Trinajstić information content (AvgIpc) is 2.95. The van der Waals surface area contributed by atoms with E-state index in [1.54, 1.807) is 14.2 Å². The lowest BCUT2D eigenvalue weighted by atomic mass is 10.0. The summed E-state index contributed by atoms with van der Waals surface area (Å²) in [6.07, 6.45) is 4.22. The number of ether oxygens (including phenoxy) is 2. The molecule has 0 saturated carbocycles. The fourth-order valence-corrected chi connectivity index (χ4v) is 3.93. The van der Waals surface area contributed by atoms with Gasteiger partial charge in [0.25, 0.3) is 5.91 Å². The summed E-state index contributed by atoms with van der Waals surface area (Å²) in [5.74, 6) is 1.89. The minimum atomic E-state index is -0.182. The molecule has 1 saturated heterocycles. The first-order valence-electron chi connectivity index (χ1n) is 8.10. The first kappa shape index (κ1) is 16.9. The third-order valence-electron chi connectivity index (χ3n) is 4.26. The number of nitrogens with zero attached hydrogens (tertiary/aromatic N) is 2. The largest absolute Gasteiger partial charge is 0.497 e. The molecule has 6 heteroatoms. The summed E-state index contributed by atoms with van der Waals surface area (Å²) in [4.78, 5) is 19.4. The van der Waals surface area contributed by atoms with Gasteiger partial charge in [0.05, 0.1) is 19.1 Å². The zero-order valence-electron chi connectivity index (χ0n) is 14.2. The number of benzene rings is 1. The molecule has 0 radical (unpaired) electrons. The zero-order valence-corrected chi connectivity index (χ0v) is 15.1.